The van der Waals surface area contributed by atoms with Gasteiger partial charge < -0.3 is 10.1 Å². The topological polar surface area (TPSA) is 81.2 Å². The number of benzene rings is 1. The first-order valence-electron chi connectivity index (χ1n) is 8.35. The monoisotopic (exact) mass is 389 g/mol. The molecule has 3 heterocycles. The number of nitrogens with zero attached hydrogens (tertiary/aromatic N) is 2. The fourth-order valence-corrected chi connectivity index (χ4v) is 5.86. The van der Waals surface area contributed by atoms with Crippen molar-refractivity contribution in [1.29, 1.82) is 0 Å². The Balaban J connectivity index is 1.81. The summed E-state index contributed by atoms with van der Waals surface area (Å²) < 4.78 is 28.8. The number of fused-ring (bicyclic) bond motifs is 1. The minimum absolute atomic E-state index is 0.128. The molecule has 0 radical (unpaired) electrons. The van der Waals surface area contributed by atoms with Crippen molar-refractivity contribution >= 4 is 37.2 Å². The largest absolute Gasteiger partial charge is 0.377 e. The molecule has 0 aliphatic carbocycles. The highest BCUT2D eigenvalue weighted by atomic mass is 32.2. The molecule has 0 saturated carbocycles. The molecule has 0 bridgehead atoms. The number of methoxy groups -OCH3 is 1. The molecule has 4 rings (SSSR count). The van der Waals surface area contributed by atoms with Gasteiger partial charge in [-0.2, -0.15) is 0 Å². The Morgan fingerprint density at radius 1 is 1.27 bits per heavy atom. The molecular weight excluding hydrogens is 370 g/mol. The van der Waals surface area contributed by atoms with Gasteiger partial charge in [-0.15, -0.1) is 11.3 Å². The van der Waals surface area contributed by atoms with Crippen molar-refractivity contribution in [2.24, 2.45) is 0 Å². The number of hydrogen-bond acceptors (Lipinski definition) is 7. The van der Waals surface area contributed by atoms with Crippen molar-refractivity contribution in [1.82, 2.24) is 9.97 Å². The van der Waals surface area contributed by atoms with Crippen molar-refractivity contribution in [2.45, 2.75) is 19.1 Å². The van der Waals surface area contributed by atoms with Gasteiger partial charge in [-0.05, 0) is 12.0 Å². The van der Waals surface area contributed by atoms with Gasteiger partial charge in [0.2, 0.25) is 0 Å². The molecule has 0 amide bonds. The lowest BCUT2D eigenvalue weighted by Gasteiger charge is -2.14. The SMILES string of the molecule is COCc1nc(NC2CCS(=O)(=O)C2)c2c(-c3ccccc3)csc2n1. The van der Waals surface area contributed by atoms with E-state index in [2.05, 4.69) is 20.7 Å². The molecule has 0 spiro atoms. The third-order valence-electron chi connectivity index (χ3n) is 4.41. The van der Waals surface area contributed by atoms with Crippen LogP contribution in [0.4, 0.5) is 5.82 Å². The predicted molar refractivity (Wildman–Crippen MR) is 104 cm³/mol. The van der Waals surface area contributed by atoms with Crippen LogP contribution in [-0.4, -0.2) is 43.0 Å². The summed E-state index contributed by atoms with van der Waals surface area (Å²) in [4.78, 5) is 10.1. The summed E-state index contributed by atoms with van der Waals surface area (Å²) >= 11 is 1.56. The highest BCUT2D eigenvalue weighted by molar-refractivity contribution is 7.91. The van der Waals surface area contributed by atoms with Gasteiger partial charge >= 0.3 is 0 Å². The molecule has 2 aromatic heterocycles. The maximum atomic E-state index is 11.8. The highest BCUT2D eigenvalue weighted by Gasteiger charge is 2.29. The highest BCUT2D eigenvalue weighted by Crippen LogP contribution is 2.37. The molecule has 136 valence electrons. The number of nitrogens with one attached hydrogen (secondary N) is 1. The number of ether oxygens (including phenoxy) is 1. The van der Waals surface area contributed by atoms with E-state index in [1.165, 1.54) is 0 Å². The van der Waals surface area contributed by atoms with Crippen molar-refractivity contribution in [3.8, 4) is 11.1 Å². The molecule has 1 saturated heterocycles. The third-order valence-corrected chi connectivity index (χ3v) is 7.05. The minimum atomic E-state index is -2.97. The second-order valence-corrected chi connectivity index (χ2v) is 9.45. The molecule has 1 unspecified atom stereocenters. The number of thiophene rings is 1. The third kappa shape index (κ3) is 3.44. The molecule has 1 aliphatic rings. The summed E-state index contributed by atoms with van der Waals surface area (Å²) in [5.74, 6) is 1.64. The maximum Gasteiger partial charge on any atom is 0.158 e. The quantitative estimate of drug-likeness (QED) is 0.722. The van der Waals surface area contributed by atoms with Gasteiger partial charge in [-0.3, -0.25) is 0 Å². The number of sulfone groups is 1. The number of aromatic nitrogens is 2. The molecule has 8 heteroatoms. The van der Waals surface area contributed by atoms with E-state index in [1.54, 1.807) is 18.4 Å². The Labute approximate surface area is 156 Å². The second-order valence-electron chi connectivity index (χ2n) is 6.36. The minimum Gasteiger partial charge on any atom is -0.377 e. The second kappa shape index (κ2) is 6.94. The lowest BCUT2D eigenvalue weighted by Crippen LogP contribution is -2.22. The molecule has 1 atom stereocenters. The van der Waals surface area contributed by atoms with Crippen LogP contribution in [0, 0.1) is 0 Å². The van der Waals surface area contributed by atoms with E-state index >= 15 is 0 Å². The fourth-order valence-electron chi connectivity index (χ4n) is 3.22. The average molecular weight is 390 g/mol. The van der Waals surface area contributed by atoms with Crippen LogP contribution < -0.4 is 5.32 Å². The predicted octanol–water partition coefficient (Wildman–Crippen LogP) is 3.10. The van der Waals surface area contributed by atoms with Gasteiger partial charge in [0.15, 0.2) is 15.7 Å². The van der Waals surface area contributed by atoms with Crippen LogP contribution in [0.1, 0.15) is 12.2 Å². The molecule has 1 aliphatic heterocycles. The molecule has 3 aromatic rings. The number of hydrogen-bond donors (Lipinski definition) is 1. The summed E-state index contributed by atoms with van der Waals surface area (Å²) in [6, 6.07) is 9.94. The van der Waals surface area contributed by atoms with Gasteiger partial charge in [-0.1, -0.05) is 30.3 Å². The van der Waals surface area contributed by atoms with E-state index in [0.29, 0.717) is 24.7 Å². The lowest BCUT2D eigenvalue weighted by atomic mass is 10.1. The molecule has 26 heavy (non-hydrogen) atoms. The average Bonchev–Trinajstić information content (AvgIpc) is 3.19. The first-order chi connectivity index (χ1) is 12.6. The first kappa shape index (κ1) is 17.4. The Bertz CT molecular complexity index is 1030. The van der Waals surface area contributed by atoms with E-state index in [9.17, 15) is 8.42 Å². The number of anilines is 1. The summed E-state index contributed by atoms with van der Waals surface area (Å²) in [5.41, 5.74) is 2.14. The van der Waals surface area contributed by atoms with Crippen LogP contribution >= 0.6 is 11.3 Å². The lowest BCUT2D eigenvalue weighted by molar-refractivity contribution is 0.178. The Morgan fingerprint density at radius 3 is 2.77 bits per heavy atom. The Kier molecular flexibility index (Phi) is 4.64. The van der Waals surface area contributed by atoms with E-state index in [0.717, 1.165) is 21.3 Å². The van der Waals surface area contributed by atoms with E-state index in [1.807, 2.05) is 30.3 Å². The molecular formula is C18H19N3O3S2. The maximum absolute atomic E-state index is 11.8. The van der Waals surface area contributed by atoms with Gasteiger partial charge in [0, 0.05) is 24.1 Å². The van der Waals surface area contributed by atoms with Crippen molar-refractivity contribution in [3.05, 3.63) is 41.5 Å². The smallest absolute Gasteiger partial charge is 0.158 e. The Morgan fingerprint density at radius 2 is 2.08 bits per heavy atom. The van der Waals surface area contributed by atoms with Gasteiger partial charge in [-0.25, -0.2) is 18.4 Å². The van der Waals surface area contributed by atoms with Crippen LogP contribution in [0.2, 0.25) is 0 Å². The Hall–Kier alpha value is -2.03. The zero-order chi connectivity index (χ0) is 18.1. The summed E-state index contributed by atoms with van der Waals surface area (Å²) in [7, 11) is -1.36. The zero-order valence-corrected chi connectivity index (χ0v) is 15.9. The standard InChI is InChI=1S/C18H19N3O3S2/c1-24-9-15-20-17(19-13-7-8-26(22,23)11-13)16-14(10-25-18(16)21-15)12-5-3-2-4-6-12/h2-6,10,13H,7-9,11H2,1H3,(H,19,20,21). The van der Waals surface area contributed by atoms with Gasteiger partial charge in [0.25, 0.3) is 0 Å². The first-order valence-corrected chi connectivity index (χ1v) is 11.1. The van der Waals surface area contributed by atoms with Crippen LogP contribution in [0.25, 0.3) is 21.3 Å². The van der Waals surface area contributed by atoms with Gasteiger partial charge in [0.1, 0.15) is 17.3 Å². The molecule has 6 nitrogen and oxygen atoms in total. The van der Waals surface area contributed by atoms with Crippen molar-refractivity contribution in [2.75, 3.05) is 23.9 Å². The van der Waals surface area contributed by atoms with Crippen LogP contribution in [0.3, 0.4) is 0 Å². The molecule has 1 fully saturated rings. The van der Waals surface area contributed by atoms with E-state index in [4.69, 9.17) is 4.74 Å². The summed E-state index contributed by atoms with van der Waals surface area (Å²) in [6.45, 7) is 0.312. The van der Waals surface area contributed by atoms with Crippen molar-refractivity contribution in [3.63, 3.8) is 0 Å². The normalized spacial score (nSPS) is 19.0. The van der Waals surface area contributed by atoms with E-state index < -0.39 is 9.84 Å². The molecule has 1 aromatic carbocycles. The summed E-state index contributed by atoms with van der Waals surface area (Å²) in [6.07, 6.45) is 0.595. The fraction of sp³-hybridized carbons (Fsp3) is 0.333. The molecule has 1 N–H and O–H groups in total. The van der Waals surface area contributed by atoms with Crippen molar-refractivity contribution < 1.29 is 13.2 Å². The van der Waals surface area contributed by atoms with Crippen LogP contribution in [-0.2, 0) is 21.2 Å². The van der Waals surface area contributed by atoms with E-state index in [-0.39, 0.29) is 17.5 Å². The zero-order valence-electron chi connectivity index (χ0n) is 14.3. The number of rotatable bonds is 5. The van der Waals surface area contributed by atoms with Gasteiger partial charge in [0.05, 0.1) is 16.9 Å². The van der Waals surface area contributed by atoms with Crippen LogP contribution in [0.15, 0.2) is 35.7 Å². The summed E-state index contributed by atoms with van der Waals surface area (Å²) in [5, 5.41) is 6.36. The van der Waals surface area contributed by atoms with Crippen LogP contribution in [0.5, 0.6) is 0 Å².